The van der Waals surface area contributed by atoms with Gasteiger partial charge in [-0.25, -0.2) is 0 Å². The molecular weight excluding hydrogens is 240 g/mol. The first kappa shape index (κ1) is 13.1. The van der Waals surface area contributed by atoms with Crippen molar-refractivity contribution in [3.05, 3.63) is 58.7 Å². The van der Waals surface area contributed by atoms with Crippen LogP contribution < -0.4 is 0 Å². The third-order valence-electron chi connectivity index (χ3n) is 2.92. The molecule has 0 spiro atoms. The Morgan fingerprint density at radius 2 is 1.32 bits per heavy atom. The minimum Gasteiger partial charge on any atom is -0.372 e. The summed E-state index contributed by atoms with van der Waals surface area (Å²) in [5.74, 6) is 0. The Balaban J connectivity index is 1.77. The van der Waals surface area contributed by atoms with Crippen molar-refractivity contribution in [2.75, 3.05) is 13.2 Å². The van der Waals surface area contributed by atoms with Crippen LogP contribution in [0.3, 0.4) is 0 Å². The van der Waals surface area contributed by atoms with Gasteiger partial charge in [-0.15, -0.1) is 0 Å². The fourth-order valence-electron chi connectivity index (χ4n) is 1.80. The molecule has 2 aliphatic carbocycles. The van der Waals surface area contributed by atoms with Gasteiger partial charge < -0.3 is 15.8 Å². The zero-order valence-corrected chi connectivity index (χ0v) is 10.5. The van der Waals surface area contributed by atoms with Gasteiger partial charge in [0, 0.05) is 12.2 Å². The molecule has 0 aromatic carbocycles. The molecule has 19 heavy (non-hydrogen) atoms. The summed E-state index contributed by atoms with van der Waals surface area (Å²) in [6, 6.07) is 0. The van der Waals surface area contributed by atoms with Gasteiger partial charge >= 0.3 is 0 Å². The van der Waals surface area contributed by atoms with Crippen molar-refractivity contribution in [3.8, 4) is 0 Å². The first-order valence-corrected chi connectivity index (χ1v) is 6.05. The minimum atomic E-state index is 0.529. The highest BCUT2D eigenvalue weighted by Crippen LogP contribution is 2.11. The van der Waals surface area contributed by atoms with E-state index in [1.807, 2.05) is 24.3 Å². The van der Waals surface area contributed by atoms with E-state index in [1.54, 1.807) is 12.2 Å². The molecule has 0 N–H and O–H groups in total. The van der Waals surface area contributed by atoms with Crippen LogP contribution in [0, 0.1) is 0 Å². The summed E-state index contributed by atoms with van der Waals surface area (Å²) in [5.41, 5.74) is 20.6. The summed E-state index contributed by atoms with van der Waals surface area (Å²) in [5, 5.41) is 0. The van der Waals surface area contributed by atoms with Crippen LogP contribution in [0.25, 0.3) is 11.1 Å². The van der Waals surface area contributed by atoms with E-state index in [-0.39, 0.29) is 0 Å². The molecule has 0 aromatic heterocycles. The first-order valence-electron chi connectivity index (χ1n) is 6.05. The van der Waals surface area contributed by atoms with Crippen LogP contribution in [-0.4, -0.2) is 34.2 Å². The lowest BCUT2D eigenvalue weighted by Gasteiger charge is -2.08. The molecule has 0 saturated heterocycles. The number of nitrogens with zero attached hydrogens (tertiary/aromatic N) is 4. The Kier molecular flexibility index (Phi) is 4.54. The van der Waals surface area contributed by atoms with Crippen LogP contribution in [0.4, 0.5) is 0 Å². The molecule has 5 heteroatoms. The standard InChI is InChI=1S/C14H14N4O/c15-17-13-5-1-11(2-6-13)9-19-10-12-3-7-14(18-16)8-4-12/h1-5,7H,6,8-10H2. The highest BCUT2D eigenvalue weighted by molar-refractivity contribution is 5.93. The fourth-order valence-corrected chi connectivity index (χ4v) is 1.80. The maximum absolute atomic E-state index is 8.60. The number of hydrogen-bond acceptors (Lipinski definition) is 1. The van der Waals surface area contributed by atoms with Crippen LogP contribution in [0.2, 0.25) is 0 Å². The monoisotopic (exact) mass is 254 g/mol. The molecule has 5 nitrogen and oxygen atoms in total. The Labute approximate surface area is 111 Å². The Morgan fingerprint density at radius 1 is 0.842 bits per heavy atom. The lowest BCUT2D eigenvalue weighted by Crippen LogP contribution is -2.07. The number of hydrogen-bond donors (Lipinski definition) is 0. The second-order valence-corrected chi connectivity index (χ2v) is 4.31. The summed E-state index contributed by atoms with van der Waals surface area (Å²) in [4.78, 5) is 6.29. The lowest BCUT2D eigenvalue weighted by molar-refractivity contribution is -0.00588. The molecule has 0 heterocycles. The third-order valence-corrected chi connectivity index (χ3v) is 2.92. The molecule has 96 valence electrons. The summed E-state index contributed by atoms with van der Waals surface area (Å²) >= 11 is 0. The maximum atomic E-state index is 8.60. The van der Waals surface area contributed by atoms with Crippen molar-refractivity contribution in [1.29, 1.82) is 0 Å². The molecule has 0 amide bonds. The molecule has 0 aliphatic heterocycles. The van der Waals surface area contributed by atoms with Crippen molar-refractivity contribution < 1.29 is 14.3 Å². The van der Waals surface area contributed by atoms with Crippen LogP contribution in [0.1, 0.15) is 12.8 Å². The summed E-state index contributed by atoms with van der Waals surface area (Å²) in [7, 11) is 0. The predicted molar refractivity (Wildman–Crippen MR) is 71.8 cm³/mol. The predicted octanol–water partition coefficient (Wildman–Crippen LogP) is 2.12. The Morgan fingerprint density at radius 3 is 1.63 bits per heavy atom. The van der Waals surface area contributed by atoms with Crippen LogP contribution in [0.5, 0.6) is 0 Å². The van der Waals surface area contributed by atoms with Crippen LogP contribution >= 0.6 is 0 Å². The Hall–Kier alpha value is -2.32. The van der Waals surface area contributed by atoms with E-state index in [2.05, 4.69) is 9.58 Å². The largest absolute Gasteiger partial charge is 0.372 e. The number of rotatable bonds is 4. The zero-order chi connectivity index (χ0) is 13.5. The highest BCUT2D eigenvalue weighted by Gasteiger charge is 2.10. The fraction of sp³-hybridized carbons (Fsp3) is 0.286. The molecule has 0 bridgehead atoms. The molecule has 0 fully saturated rings. The molecule has 0 unspecified atom stereocenters. The summed E-state index contributed by atoms with van der Waals surface area (Å²) in [6.07, 6.45) is 12.6. The number of ether oxygens (including phenoxy) is 1. The van der Waals surface area contributed by atoms with E-state index >= 15 is 0 Å². The molecule has 2 aliphatic rings. The van der Waals surface area contributed by atoms with Gasteiger partial charge in [-0.05, 0) is 23.3 Å². The van der Waals surface area contributed by atoms with E-state index in [4.69, 9.17) is 15.8 Å². The van der Waals surface area contributed by atoms with Crippen molar-refractivity contribution >= 4 is 11.4 Å². The van der Waals surface area contributed by atoms with Gasteiger partial charge in [-0.3, -0.25) is 0 Å². The summed E-state index contributed by atoms with van der Waals surface area (Å²) < 4.78 is 5.61. The average molecular weight is 254 g/mol. The van der Waals surface area contributed by atoms with Gasteiger partial charge in [0.2, 0.25) is 0 Å². The minimum absolute atomic E-state index is 0.529. The molecular formula is C14H14N4O. The second-order valence-electron chi connectivity index (χ2n) is 4.31. The van der Waals surface area contributed by atoms with Gasteiger partial charge in [-0.2, -0.15) is 9.58 Å². The quantitative estimate of drug-likeness (QED) is 0.558. The van der Waals surface area contributed by atoms with Crippen LogP contribution in [-0.2, 0) is 4.74 Å². The normalized spacial score (nSPS) is 17.7. The van der Waals surface area contributed by atoms with Crippen molar-refractivity contribution in [3.63, 3.8) is 0 Å². The van der Waals surface area contributed by atoms with E-state index < -0.39 is 0 Å². The van der Waals surface area contributed by atoms with Crippen molar-refractivity contribution in [1.82, 2.24) is 0 Å². The van der Waals surface area contributed by atoms with E-state index in [9.17, 15) is 0 Å². The highest BCUT2D eigenvalue weighted by atomic mass is 16.5. The molecule has 0 aromatic rings. The Bertz CT molecular complexity index is 531. The first-order chi connectivity index (χ1) is 9.31. The molecule has 2 rings (SSSR count). The lowest BCUT2D eigenvalue weighted by atomic mass is 10.1. The average Bonchev–Trinajstić information content (AvgIpc) is 2.49. The van der Waals surface area contributed by atoms with Gasteiger partial charge in [0.05, 0.1) is 26.1 Å². The van der Waals surface area contributed by atoms with Gasteiger partial charge in [0.25, 0.3) is 11.4 Å². The van der Waals surface area contributed by atoms with E-state index in [0.29, 0.717) is 37.5 Å². The van der Waals surface area contributed by atoms with E-state index in [1.165, 1.54) is 0 Å². The number of allylic oxidation sites excluding steroid dienone is 4. The maximum Gasteiger partial charge on any atom is 0.295 e. The SMILES string of the molecule is [N-]=[N+]=C1C=CC(COCC2=CCC(=[N+]=[N-])C=C2)=CC1. The molecule has 0 radical (unpaired) electrons. The van der Waals surface area contributed by atoms with Crippen LogP contribution in [0.15, 0.2) is 47.6 Å². The van der Waals surface area contributed by atoms with Gasteiger partial charge in [0.15, 0.2) is 0 Å². The smallest absolute Gasteiger partial charge is 0.295 e. The summed E-state index contributed by atoms with van der Waals surface area (Å²) in [6.45, 7) is 1.06. The zero-order valence-electron chi connectivity index (χ0n) is 10.5. The van der Waals surface area contributed by atoms with E-state index in [0.717, 1.165) is 11.1 Å². The third kappa shape index (κ3) is 3.83. The molecule has 0 atom stereocenters. The van der Waals surface area contributed by atoms with Crippen molar-refractivity contribution in [2.45, 2.75) is 12.8 Å². The topological polar surface area (TPSA) is 82.0 Å². The van der Waals surface area contributed by atoms with Gasteiger partial charge in [0.1, 0.15) is 0 Å². The van der Waals surface area contributed by atoms with Crippen molar-refractivity contribution in [2.24, 2.45) is 0 Å². The second kappa shape index (κ2) is 6.57. The molecule has 0 saturated carbocycles. The van der Waals surface area contributed by atoms with Gasteiger partial charge in [-0.1, -0.05) is 12.2 Å².